The van der Waals surface area contributed by atoms with Gasteiger partial charge in [0, 0.05) is 5.56 Å². The van der Waals surface area contributed by atoms with Crippen LogP contribution >= 0.6 is 0 Å². The summed E-state index contributed by atoms with van der Waals surface area (Å²) < 4.78 is 27.4. The predicted molar refractivity (Wildman–Crippen MR) is 66.0 cm³/mol. The Bertz CT molecular complexity index is 548. The molecule has 0 bridgehead atoms. The predicted octanol–water partition coefficient (Wildman–Crippen LogP) is 4.56. The highest BCUT2D eigenvalue weighted by molar-refractivity contribution is 5.66. The molecule has 0 radical (unpaired) electrons. The average Bonchev–Trinajstić information content (AvgIpc) is 2.25. The fourth-order valence-electron chi connectivity index (χ4n) is 1.83. The second-order valence-electron chi connectivity index (χ2n) is 4.38. The fourth-order valence-corrected chi connectivity index (χ4v) is 1.83. The minimum Gasteiger partial charge on any atom is -0.207 e. The van der Waals surface area contributed by atoms with Crippen molar-refractivity contribution < 1.29 is 8.78 Å². The van der Waals surface area contributed by atoms with Gasteiger partial charge in [-0.1, -0.05) is 18.2 Å². The van der Waals surface area contributed by atoms with E-state index in [0.717, 1.165) is 11.1 Å². The van der Waals surface area contributed by atoms with E-state index in [9.17, 15) is 8.78 Å². The number of hydrogen-bond donors (Lipinski definition) is 0. The molecule has 2 aromatic rings. The van der Waals surface area contributed by atoms with Crippen molar-refractivity contribution in [2.45, 2.75) is 20.8 Å². The summed E-state index contributed by atoms with van der Waals surface area (Å²) in [5.41, 5.74) is 3.33. The van der Waals surface area contributed by atoms with Gasteiger partial charge < -0.3 is 0 Å². The Morgan fingerprint density at radius 2 is 1.53 bits per heavy atom. The molecule has 17 heavy (non-hydrogen) atoms. The van der Waals surface area contributed by atoms with Gasteiger partial charge in [-0.05, 0) is 55.2 Å². The zero-order valence-electron chi connectivity index (χ0n) is 10.1. The highest BCUT2D eigenvalue weighted by Crippen LogP contribution is 2.27. The summed E-state index contributed by atoms with van der Waals surface area (Å²) in [6, 6.07) is 8.17. The third kappa shape index (κ3) is 2.21. The second-order valence-corrected chi connectivity index (χ2v) is 4.38. The summed E-state index contributed by atoms with van der Waals surface area (Å²) in [7, 11) is 0. The van der Waals surface area contributed by atoms with Gasteiger partial charge in [0.05, 0.1) is 0 Å². The highest BCUT2D eigenvalue weighted by atomic mass is 19.1. The molecule has 2 rings (SSSR count). The first-order chi connectivity index (χ1) is 7.99. The number of rotatable bonds is 1. The normalized spacial score (nSPS) is 10.6. The molecule has 0 atom stereocenters. The maximum absolute atomic E-state index is 13.8. The van der Waals surface area contributed by atoms with Crippen LogP contribution in [0.3, 0.4) is 0 Å². The Morgan fingerprint density at radius 3 is 2.12 bits per heavy atom. The van der Waals surface area contributed by atoms with Gasteiger partial charge in [-0.25, -0.2) is 8.78 Å². The molecule has 0 heterocycles. The molecule has 0 unspecified atom stereocenters. The maximum Gasteiger partial charge on any atom is 0.131 e. The van der Waals surface area contributed by atoms with Crippen LogP contribution in [-0.2, 0) is 0 Å². The van der Waals surface area contributed by atoms with Crippen LogP contribution in [0, 0.1) is 32.4 Å². The zero-order chi connectivity index (χ0) is 12.6. The van der Waals surface area contributed by atoms with Crippen LogP contribution in [0.1, 0.15) is 16.7 Å². The quantitative estimate of drug-likeness (QED) is 0.676. The second kappa shape index (κ2) is 4.28. The van der Waals surface area contributed by atoms with Crippen molar-refractivity contribution in [2.75, 3.05) is 0 Å². The van der Waals surface area contributed by atoms with Crippen LogP contribution < -0.4 is 0 Å². The molecular weight excluding hydrogens is 218 g/mol. The van der Waals surface area contributed by atoms with Crippen LogP contribution in [0.4, 0.5) is 8.78 Å². The Hall–Kier alpha value is -1.70. The highest BCUT2D eigenvalue weighted by Gasteiger charge is 2.09. The van der Waals surface area contributed by atoms with E-state index in [1.165, 1.54) is 12.1 Å². The van der Waals surface area contributed by atoms with Crippen LogP contribution in [0.5, 0.6) is 0 Å². The third-order valence-electron chi connectivity index (χ3n) is 3.04. The Labute approximate surface area is 99.9 Å². The van der Waals surface area contributed by atoms with Crippen LogP contribution in [-0.4, -0.2) is 0 Å². The summed E-state index contributed by atoms with van der Waals surface area (Å²) in [5, 5.41) is 0. The van der Waals surface area contributed by atoms with Crippen molar-refractivity contribution >= 4 is 0 Å². The van der Waals surface area contributed by atoms with Crippen LogP contribution in [0.2, 0.25) is 0 Å². The van der Waals surface area contributed by atoms with E-state index in [-0.39, 0.29) is 11.6 Å². The lowest BCUT2D eigenvalue weighted by Gasteiger charge is -2.08. The van der Waals surface area contributed by atoms with E-state index in [2.05, 4.69) is 0 Å². The van der Waals surface area contributed by atoms with E-state index >= 15 is 0 Å². The van der Waals surface area contributed by atoms with Crippen LogP contribution in [0.25, 0.3) is 11.1 Å². The van der Waals surface area contributed by atoms with Crippen molar-refractivity contribution in [1.29, 1.82) is 0 Å². The van der Waals surface area contributed by atoms with Gasteiger partial charge in [-0.3, -0.25) is 0 Å². The van der Waals surface area contributed by atoms with Crippen molar-refractivity contribution in [1.82, 2.24) is 0 Å². The monoisotopic (exact) mass is 232 g/mol. The standard InChI is InChI=1S/C15H14F2/c1-9-4-5-13(15(17)6-9)12-7-10(2)11(3)14(16)8-12/h4-8H,1-3H3. The van der Waals surface area contributed by atoms with E-state index < -0.39 is 0 Å². The number of hydrogen-bond acceptors (Lipinski definition) is 0. The third-order valence-corrected chi connectivity index (χ3v) is 3.04. The molecule has 0 aliphatic heterocycles. The summed E-state index contributed by atoms with van der Waals surface area (Å²) in [4.78, 5) is 0. The Balaban J connectivity index is 2.61. The molecule has 0 fully saturated rings. The molecule has 88 valence electrons. The molecule has 0 saturated heterocycles. The minimum atomic E-state index is -0.312. The zero-order valence-corrected chi connectivity index (χ0v) is 10.1. The van der Waals surface area contributed by atoms with E-state index in [1.54, 1.807) is 13.0 Å². The molecule has 0 nitrogen and oxygen atoms in total. The summed E-state index contributed by atoms with van der Waals surface area (Å²) in [6.07, 6.45) is 0. The first-order valence-corrected chi connectivity index (χ1v) is 5.52. The van der Waals surface area contributed by atoms with E-state index in [1.807, 2.05) is 26.0 Å². The topological polar surface area (TPSA) is 0 Å². The molecular formula is C15H14F2. The van der Waals surface area contributed by atoms with E-state index in [4.69, 9.17) is 0 Å². The van der Waals surface area contributed by atoms with Crippen molar-refractivity contribution in [3.63, 3.8) is 0 Å². The Morgan fingerprint density at radius 1 is 0.824 bits per heavy atom. The van der Waals surface area contributed by atoms with Crippen molar-refractivity contribution in [3.05, 3.63) is 58.7 Å². The van der Waals surface area contributed by atoms with Gasteiger partial charge in [-0.15, -0.1) is 0 Å². The Kier molecular flexibility index (Phi) is 2.97. The number of benzene rings is 2. The first-order valence-electron chi connectivity index (χ1n) is 5.52. The molecule has 0 spiro atoms. The molecule has 0 saturated carbocycles. The number of aryl methyl sites for hydroxylation is 2. The minimum absolute atomic E-state index is 0.292. The summed E-state index contributed by atoms with van der Waals surface area (Å²) in [5.74, 6) is -0.604. The van der Waals surface area contributed by atoms with Gasteiger partial charge in [0.15, 0.2) is 0 Å². The van der Waals surface area contributed by atoms with Crippen LogP contribution in [0.15, 0.2) is 30.3 Å². The van der Waals surface area contributed by atoms with Gasteiger partial charge in [-0.2, -0.15) is 0 Å². The van der Waals surface area contributed by atoms with Crippen molar-refractivity contribution in [3.8, 4) is 11.1 Å². The summed E-state index contributed by atoms with van der Waals surface area (Å²) in [6.45, 7) is 5.38. The number of halogens is 2. The maximum atomic E-state index is 13.8. The van der Waals surface area contributed by atoms with Gasteiger partial charge in [0.1, 0.15) is 11.6 Å². The molecule has 0 N–H and O–H groups in total. The molecule has 2 heteroatoms. The van der Waals surface area contributed by atoms with Gasteiger partial charge in [0.25, 0.3) is 0 Å². The molecule has 0 aliphatic rings. The molecule has 2 aromatic carbocycles. The van der Waals surface area contributed by atoms with E-state index in [0.29, 0.717) is 16.7 Å². The van der Waals surface area contributed by atoms with Gasteiger partial charge >= 0.3 is 0 Å². The van der Waals surface area contributed by atoms with Gasteiger partial charge in [0.2, 0.25) is 0 Å². The van der Waals surface area contributed by atoms with Crippen molar-refractivity contribution in [2.24, 2.45) is 0 Å². The first kappa shape index (κ1) is 11.8. The molecule has 0 aliphatic carbocycles. The molecule has 0 amide bonds. The average molecular weight is 232 g/mol. The smallest absolute Gasteiger partial charge is 0.131 e. The molecule has 0 aromatic heterocycles. The fraction of sp³-hybridized carbons (Fsp3) is 0.200. The lowest BCUT2D eigenvalue weighted by atomic mass is 9.99. The SMILES string of the molecule is Cc1ccc(-c2cc(C)c(C)c(F)c2)c(F)c1. The lowest BCUT2D eigenvalue weighted by molar-refractivity contribution is 0.615. The lowest BCUT2D eigenvalue weighted by Crippen LogP contribution is -1.92. The summed E-state index contributed by atoms with van der Waals surface area (Å²) >= 11 is 0. The largest absolute Gasteiger partial charge is 0.207 e.